The zero-order chi connectivity index (χ0) is 25.3. The zero-order valence-electron chi connectivity index (χ0n) is 18.3. The standard InChI is InChI=1S/C24H18F3N5O3/c1-15(14-33)31-22(34)20(21-9-10-29-32(21)18-7-5-16(12-28)6-8-18)13-30(23(31)35)19-4-2-3-17(11-19)24(25,26)27/h2-11,13,15,33H,14H2,1H3/t15-/m1/s1. The summed E-state index contributed by atoms with van der Waals surface area (Å²) in [5.41, 5.74) is -1.53. The molecular weight excluding hydrogens is 463 g/mol. The maximum atomic E-state index is 13.4. The van der Waals surface area contributed by atoms with Crippen molar-refractivity contribution in [2.24, 2.45) is 0 Å². The molecule has 0 bridgehead atoms. The molecule has 0 saturated carbocycles. The van der Waals surface area contributed by atoms with Crippen LogP contribution in [0.25, 0.3) is 22.6 Å². The first kappa shape index (κ1) is 23.7. The van der Waals surface area contributed by atoms with Gasteiger partial charge < -0.3 is 5.11 Å². The van der Waals surface area contributed by atoms with Crippen LogP contribution >= 0.6 is 0 Å². The number of halogens is 3. The van der Waals surface area contributed by atoms with Crippen molar-refractivity contribution in [1.29, 1.82) is 5.26 Å². The van der Waals surface area contributed by atoms with Gasteiger partial charge in [-0.05, 0) is 55.5 Å². The van der Waals surface area contributed by atoms with Crippen LogP contribution in [-0.2, 0) is 6.18 Å². The number of hydrogen-bond donors (Lipinski definition) is 1. The number of benzene rings is 2. The minimum Gasteiger partial charge on any atom is -0.394 e. The first-order valence-electron chi connectivity index (χ1n) is 10.4. The van der Waals surface area contributed by atoms with Gasteiger partial charge in [0.15, 0.2) is 0 Å². The van der Waals surface area contributed by atoms with Crippen molar-refractivity contribution in [3.05, 3.63) is 99.0 Å². The summed E-state index contributed by atoms with van der Waals surface area (Å²) in [5, 5.41) is 22.9. The Balaban J connectivity index is 1.99. The van der Waals surface area contributed by atoms with Gasteiger partial charge in [0.05, 0.1) is 58.7 Å². The molecule has 0 aliphatic heterocycles. The van der Waals surface area contributed by atoms with Crippen molar-refractivity contribution in [3.63, 3.8) is 0 Å². The van der Waals surface area contributed by atoms with Gasteiger partial charge in [0, 0.05) is 6.20 Å². The summed E-state index contributed by atoms with van der Waals surface area (Å²) in [7, 11) is 0. The maximum absolute atomic E-state index is 13.4. The summed E-state index contributed by atoms with van der Waals surface area (Å²) in [6, 6.07) is 13.1. The molecule has 178 valence electrons. The van der Waals surface area contributed by atoms with Crippen molar-refractivity contribution < 1.29 is 18.3 Å². The Hall–Kier alpha value is -4.43. The van der Waals surface area contributed by atoms with Gasteiger partial charge in [0.25, 0.3) is 5.56 Å². The molecule has 8 nitrogen and oxygen atoms in total. The maximum Gasteiger partial charge on any atom is 0.416 e. The third kappa shape index (κ3) is 4.39. The van der Waals surface area contributed by atoms with E-state index in [4.69, 9.17) is 5.26 Å². The van der Waals surface area contributed by atoms with E-state index in [0.717, 1.165) is 33.5 Å². The number of rotatable bonds is 5. The Labute approximate surface area is 196 Å². The summed E-state index contributed by atoms with van der Waals surface area (Å²) in [5.74, 6) is 0. The lowest BCUT2D eigenvalue weighted by molar-refractivity contribution is -0.137. The molecular formula is C24H18F3N5O3. The first-order valence-corrected chi connectivity index (χ1v) is 10.4. The minimum absolute atomic E-state index is 0.0239. The van der Waals surface area contributed by atoms with E-state index in [9.17, 15) is 27.9 Å². The van der Waals surface area contributed by atoms with Crippen molar-refractivity contribution in [2.75, 3.05) is 6.61 Å². The minimum atomic E-state index is -4.64. The van der Waals surface area contributed by atoms with Crippen LogP contribution in [-0.4, -0.2) is 30.6 Å². The highest BCUT2D eigenvalue weighted by atomic mass is 19.4. The molecule has 0 saturated heterocycles. The highest BCUT2D eigenvalue weighted by molar-refractivity contribution is 5.61. The lowest BCUT2D eigenvalue weighted by atomic mass is 10.1. The smallest absolute Gasteiger partial charge is 0.394 e. The van der Waals surface area contributed by atoms with E-state index >= 15 is 0 Å². The topological polar surface area (TPSA) is 106 Å². The lowest BCUT2D eigenvalue weighted by Crippen LogP contribution is -2.42. The molecule has 0 amide bonds. The molecule has 0 aliphatic rings. The van der Waals surface area contributed by atoms with Crippen molar-refractivity contribution >= 4 is 0 Å². The van der Waals surface area contributed by atoms with E-state index in [2.05, 4.69) is 5.10 Å². The van der Waals surface area contributed by atoms with Crippen LogP contribution in [0.15, 0.2) is 76.6 Å². The van der Waals surface area contributed by atoms with E-state index in [0.29, 0.717) is 11.3 Å². The predicted octanol–water partition coefficient (Wildman–Crippen LogP) is 3.30. The number of aromatic nitrogens is 4. The van der Waals surface area contributed by atoms with E-state index in [1.54, 1.807) is 24.3 Å². The molecule has 0 spiro atoms. The molecule has 11 heteroatoms. The van der Waals surface area contributed by atoms with Crippen LogP contribution in [0.1, 0.15) is 24.1 Å². The molecule has 35 heavy (non-hydrogen) atoms. The molecule has 2 heterocycles. The molecule has 0 aliphatic carbocycles. The first-order chi connectivity index (χ1) is 16.7. The number of aliphatic hydroxyl groups excluding tert-OH is 1. The summed E-state index contributed by atoms with van der Waals surface area (Å²) < 4.78 is 43.0. The average Bonchev–Trinajstić information content (AvgIpc) is 3.33. The Morgan fingerprint density at radius 2 is 1.80 bits per heavy atom. The third-order valence-corrected chi connectivity index (χ3v) is 5.44. The van der Waals surface area contributed by atoms with Crippen LogP contribution in [0.3, 0.4) is 0 Å². The zero-order valence-corrected chi connectivity index (χ0v) is 18.3. The van der Waals surface area contributed by atoms with E-state index in [1.807, 2.05) is 6.07 Å². The number of nitriles is 1. The second-order valence-electron chi connectivity index (χ2n) is 7.74. The average molecular weight is 481 g/mol. The summed E-state index contributed by atoms with van der Waals surface area (Å²) in [4.78, 5) is 26.5. The van der Waals surface area contributed by atoms with Crippen molar-refractivity contribution in [3.8, 4) is 28.7 Å². The van der Waals surface area contributed by atoms with Crippen LogP contribution in [0.4, 0.5) is 13.2 Å². The fourth-order valence-electron chi connectivity index (χ4n) is 3.63. The lowest BCUT2D eigenvalue weighted by Gasteiger charge is -2.18. The van der Waals surface area contributed by atoms with Gasteiger partial charge in [-0.15, -0.1) is 0 Å². The number of alkyl halides is 3. The van der Waals surface area contributed by atoms with Gasteiger partial charge in [0.2, 0.25) is 0 Å². The molecule has 4 rings (SSSR count). The van der Waals surface area contributed by atoms with E-state index in [-0.39, 0.29) is 16.9 Å². The highest BCUT2D eigenvalue weighted by Crippen LogP contribution is 2.30. The normalized spacial score (nSPS) is 12.3. The third-order valence-electron chi connectivity index (χ3n) is 5.44. The second kappa shape index (κ2) is 9.08. The van der Waals surface area contributed by atoms with E-state index in [1.165, 1.54) is 29.9 Å². The van der Waals surface area contributed by atoms with Crippen LogP contribution in [0.5, 0.6) is 0 Å². The predicted molar refractivity (Wildman–Crippen MR) is 120 cm³/mol. The summed E-state index contributed by atoms with van der Waals surface area (Å²) >= 11 is 0. The van der Waals surface area contributed by atoms with Gasteiger partial charge >= 0.3 is 11.9 Å². The highest BCUT2D eigenvalue weighted by Gasteiger charge is 2.31. The van der Waals surface area contributed by atoms with Gasteiger partial charge in [-0.25, -0.2) is 9.48 Å². The SMILES string of the molecule is C[C@H](CO)n1c(=O)c(-c2ccnn2-c2ccc(C#N)cc2)cn(-c2cccc(C(F)(F)F)c2)c1=O. The Kier molecular flexibility index (Phi) is 6.15. The number of hydrogen-bond acceptors (Lipinski definition) is 5. The molecule has 0 fully saturated rings. The fraction of sp³-hybridized carbons (Fsp3) is 0.167. The molecule has 2 aromatic heterocycles. The molecule has 4 aromatic rings. The second-order valence-corrected chi connectivity index (χ2v) is 7.74. The Morgan fingerprint density at radius 3 is 2.43 bits per heavy atom. The van der Waals surface area contributed by atoms with Gasteiger partial charge in [0.1, 0.15) is 0 Å². The Morgan fingerprint density at radius 1 is 1.09 bits per heavy atom. The molecule has 1 N–H and O–H groups in total. The molecule has 0 radical (unpaired) electrons. The van der Waals surface area contributed by atoms with Crippen LogP contribution in [0.2, 0.25) is 0 Å². The molecule has 0 unspecified atom stereocenters. The van der Waals surface area contributed by atoms with Crippen molar-refractivity contribution in [2.45, 2.75) is 19.1 Å². The molecule has 2 aromatic carbocycles. The quantitative estimate of drug-likeness (QED) is 0.471. The van der Waals surface area contributed by atoms with Gasteiger partial charge in [-0.1, -0.05) is 6.07 Å². The van der Waals surface area contributed by atoms with Gasteiger partial charge in [-0.2, -0.15) is 23.5 Å². The van der Waals surface area contributed by atoms with Crippen LogP contribution < -0.4 is 11.2 Å². The molecule has 1 atom stereocenters. The Bertz CT molecular complexity index is 1540. The van der Waals surface area contributed by atoms with Crippen LogP contribution in [0, 0.1) is 11.3 Å². The summed E-state index contributed by atoms with van der Waals surface area (Å²) in [6.07, 6.45) is -2.05. The largest absolute Gasteiger partial charge is 0.416 e. The number of nitrogens with zero attached hydrogens (tertiary/aromatic N) is 5. The summed E-state index contributed by atoms with van der Waals surface area (Å²) in [6.45, 7) is 0.900. The monoisotopic (exact) mass is 481 g/mol. The van der Waals surface area contributed by atoms with E-state index < -0.39 is 35.6 Å². The number of aliphatic hydroxyl groups is 1. The fourth-order valence-corrected chi connectivity index (χ4v) is 3.63. The van der Waals surface area contributed by atoms with Crippen molar-refractivity contribution in [1.82, 2.24) is 18.9 Å². The van der Waals surface area contributed by atoms with Gasteiger partial charge in [-0.3, -0.25) is 13.9 Å².